The fraction of sp³-hybridized carbons (Fsp3) is 0.381. The molecular weight excluding hydrogens is 382 g/mol. The summed E-state index contributed by atoms with van der Waals surface area (Å²) in [5.41, 5.74) is 2.59. The Morgan fingerprint density at radius 1 is 1.21 bits per heavy atom. The van der Waals surface area contributed by atoms with Gasteiger partial charge in [-0.2, -0.15) is 8.78 Å². The number of nitrogens with zero attached hydrogens (tertiary/aromatic N) is 1. The lowest BCUT2D eigenvalue weighted by atomic mass is 10.2. The van der Waals surface area contributed by atoms with Crippen molar-refractivity contribution in [1.82, 2.24) is 4.90 Å². The van der Waals surface area contributed by atoms with Gasteiger partial charge in [0.15, 0.2) is 0 Å². The molecule has 28 heavy (non-hydrogen) atoms. The number of anilines is 1. The fourth-order valence-corrected chi connectivity index (χ4v) is 3.52. The van der Waals surface area contributed by atoms with Crippen LogP contribution in [0.4, 0.5) is 19.3 Å². The van der Waals surface area contributed by atoms with Crippen LogP contribution in [0.2, 0.25) is 0 Å². The quantitative estimate of drug-likeness (QED) is 0.533. The molecule has 2 amide bonds. The van der Waals surface area contributed by atoms with Crippen LogP contribution in [0, 0.1) is 6.92 Å². The largest absolute Gasteiger partial charge is 0.435 e. The number of urea groups is 1. The lowest BCUT2D eigenvalue weighted by molar-refractivity contribution is -0.0498. The molecule has 0 aromatic heterocycles. The number of hydrogen-bond donors (Lipinski definition) is 1. The molecule has 0 heterocycles. The third-order valence-electron chi connectivity index (χ3n) is 4.27. The summed E-state index contributed by atoms with van der Waals surface area (Å²) in [5, 5.41) is 3.46. The molecular formula is C21H26F2N2O2S. The summed E-state index contributed by atoms with van der Waals surface area (Å²) in [6.45, 7) is 3.82. The maximum absolute atomic E-state index is 12.5. The number of nitrogens with one attached hydrogen (secondary N) is 1. The molecule has 0 aliphatic rings. The van der Waals surface area contributed by atoms with Crippen molar-refractivity contribution >= 4 is 23.5 Å². The van der Waals surface area contributed by atoms with Gasteiger partial charge in [0.2, 0.25) is 0 Å². The zero-order valence-electron chi connectivity index (χ0n) is 16.5. The van der Waals surface area contributed by atoms with E-state index in [1.807, 2.05) is 30.8 Å². The van der Waals surface area contributed by atoms with Gasteiger partial charge in [-0.3, -0.25) is 0 Å². The van der Waals surface area contributed by atoms with Crippen LogP contribution >= 0.6 is 11.8 Å². The number of halogens is 2. The van der Waals surface area contributed by atoms with Gasteiger partial charge < -0.3 is 15.0 Å². The minimum absolute atomic E-state index is 0.0943. The van der Waals surface area contributed by atoms with E-state index in [0.29, 0.717) is 11.8 Å². The Labute approximate surface area is 169 Å². The zero-order valence-corrected chi connectivity index (χ0v) is 17.4. The van der Waals surface area contributed by atoms with E-state index in [4.69, 9.17) is 0 Å². The van der Waals surface area contributed by atoms with Gasteiger partial charge in [0.05, 0.1) is 0 Å². The highest BCUT2D eigenvalue weighted by molar-refractivity contribution is 7.99. The number of carbonyl (C=O) groups is 1. The van der Waals surface area contributed by atoms with Gasteiger partial charge in [0.25, 0.3) is 0 Å². The molecule has 0 saturated carbocycles. The monoisotopic (exact) mass is 408 g/mol. The highest BCUT2D eigenvalue weighted by Gasteiger charge is 2.12. The molecule has 0 spiro atoms. The van der Waals surface area contributed by atoms with Crippen molar-refractivity contribution < 1.29 is 18.3 Å². The fourth-order valence-electron chi connectivity index (χ4n) is 2.50. The Balaban J connectivity index is 1.94. The molecule has 7 heteroatoms. The number of amides is 2. The Hall–Kier alpha value is -2.28. The highest BCUT2D eigenvalue weighted by Crippen LogP contribution is 2.28. The number of ether oxygens (including phenoxy) is 1. The molecule has 1 atom stereocenters. The molecule has 0 saturated heterocycles. The molecule has 1 N–H and O–H groups in total. The van der Waals surface area contributed by atoms with Crippen molar-refractivity contribution in [1.29, 1.82) is 0 Å². The van der Waals surface area contributed by atoms with Gasteiger partial charge >= 0.3 is 12.6 Å². The number of hydrogen-bond acceptors (Lipinski definition) is 3. The first kappa shape index (κ1) is 22.0. The first-order chi connectivity index (χ1) is 13.3. The van der Waals surface area contributed by atoms with E-state index >= 15 is 0 Å². The van der Waals surface area contributed by atoms with E-state index in [1.165, 1.54) is 21.9 Å². The van der Waals surface area contributed by atoms with Crippen LogP contribution in [0.1, 0.15) is 31.4 Å². The first-order valence-corrected chi connectivity index (χ1v) is 9.99. The van der Waals surface area contributed by atoms with Crippen molar-refractivity contribution in [2.24, 2.45) is 0 Å². The van der Waals surface area contributed by atoms with Gasteiger partial charge in [-0.1, -0.05) is 26.0 Å². The van der Waals surface area contributed by atoms with Crippen molar-refractivity contribution in [3.63, 3.8) is 0 Å². The van der Waals surface area contributed by atoms with Crippen molar-refractivity contribution in [3.8, 4) is 5.75 Å². The Kier molecular flexibility index (Phi) is 8.11. The van der Waals surface area contributed by atoms with Gasteiger partial charge in [-0.25, -0.2) is 4.79 Å². The van der Waals surface area contributed by atoms with Crippen molar-refractivity contribution in [2.45, 2.75) is 50.5 Å². The molecule has 152 valence electrons. The average Bonchev–Trinajstić information content (AvgIpc) is 2.64. The summed E-state index contributed by atoms with van der Waals surface area (Å²) >= 11 is 1.82. The molecule has 1 unspecified atom stereocenters. The molecule has 2 aromatic rings. The van der Waals surface area contributed by atoms with Crippen LogP contribution in [-0.4, -0.2) is 29.8 Å². The van der Waals surface area contributed by atoms with E-state index in [-0.39, 0.29) is 11.8 Å². The molecule has 0 aliphatic heterocycles. The second-order valence-corrected chi connectivity index (χ2v) is 8.13. The molecule has 0 bridgehead atoms. The van der Waals surface area contributed by atoms with E-state index in [2.05, 4.69) is 30.0 Å². The normalized spacial score (nSPS) is 12.0. The van der Waals surface area contributed by atoms with E-state index in [0.717, 1.165) is 23.2 Å². The third kappa shape index (κ3) is 6.71. The number of rotatable bonds is 8. The van der Waals surface area contributed by atoms with Crippen LogP contribution in [0.5, 0.6) is 5.75 Å². The van der Waals surface area contributed by atoms with Crippen LogP contribution in [0.15, 0.2) is 47.4 Å². The molecule has 0 aliphatic carbocycles. The number of carbonyl (C=O) groups excluding carboxylic acids is 1. The van der Waals surface area contributed by atoms with Gasteiger partial charge in [0.1, 0.15) is 5.75 Å². The summed E-state index contributed by atoms with van der Waals surface area (Å²) < 4.78 is 28.7. The Morgan fingerprint density at radius 2 is 1.89 bits per heavy atom. The molecule has 2 rings (SSSR count). The van der Waals surface area contributed by atoms with Gasteiger partial charge in [0, 0.05) is 29.4 Å². The first-order valence-electron chi connectivity index (χ1n) is 9.11. The lowest BCUT2D eigenvalue weighted by Gasteiger charge is -2.19. The Bertz CT molecular complexity index is 784. The Morgan fingerprint density at radius 3 is 2.46 bits per heavy atom. The number of thioether (sulfide) groups is 1. The van der Waals surface area contributed by atoms with Crippen LogP contribution < -0.4 is 10.1 Å². The van der Waals surface area contributed by atoms with Crippen LogP contribution in [0.3, 0.4) is 0 Å². The summed E-state index contributed by atoms with van der Waals surface area (Å²) in [5.74, 6) is 0.0943. The maximum atomic E-state index is 12.5. The minimum atomic E-state index is -2.85. The second-order valence-electron chi connectivity index (χ2n) is 6.62. The second kappa shape index (κ2) is 10.3. The summed E-state index contributed by atoms with van der Waals surface area (Å²) in [4.78, 5) is 15.2. The third-order valence-corrected chi connectivity index (χ3v) is 5.53. The van der Waals surface area contributed by atoms with E-state index in [9.17, 15) is 13.6 Å². The van der Waals surface area contributed by atoms with E-state index < -0.39 is 6.61 Å². The predicted molar refractivity (Wildman–Crippen MR) is 110 cm³/mol. The van der Waals surface area contributed by atoms with E-state index in [1.54, 1.807) is 19.2 Å². The minimum Gasteiger partial charge on any atom is -0.435 e. The van der Waals surface area contributed by atoms with Gasteiger partial charge in [-0.15, -0.1) is 11.8 Å². The summed E-state index contributed by atoms with van der Waals surface area (Å²) in [6, 6.07) is 12.0. The highest BCUT2D eigenvalue weighted by atomic mass is 32.2. The zero-order chi connectivity index (χ0) is 20.7. The lowest BCUT2D eigenvalue weighted by Crippen LogP contribution is -2.31. The van der Waals surface area contributed by atoms with Gasteiger partial charge in [-0.05, 0) is 54.8 Å². The number of benzene rings is 2. The standard InChI is InChI=1S/C21H26F2N2O2S/c1-5-15(3)28-18-10-11-19(14(2)12-18)24-21(26)25(4)13-16-6-8-17(9-7-16)27-20(22)23/h6-12,15,20H,5,13H2,1-4H3,(H,24,26). The molecule has 0 fully saturated rings. The van der Waals surface area contributed by atoms with Crippen molar-refractivity contribution in [2.75, 3.05) is 12.4 Å². The van der Waals surface area contributed by atoms with Crippen molar-refractivity contribution in [3.05, 3.63) is 53.6 Å². The number of alkyl halides is 2. The predicted octanol–water partition coefficient (Wildman–Crippen LogP) is 6.15. The summed E-state index contributed by atoms with van der Waals surface area (Å²) in [6.07, 6.45) is 1.10. The smallest absolute Gasteiger partial charge is 0.387 e. The molecule has 2 aromatic carbocycles. The summed E-state index contributed by atoms with van der Waals surface area (Å²) in [7, 11) is 1.68. The average molecular weight is 409 g/mol. The molecule has 4 nitrogen and oxygen atoms in total. The molecule has 0 radical (unpaired) electrons. The van der Waals surface area contributed by atoms with Crippen LogP contribution in [-0.2, 0) is 6.54 Å². The maximum Gasteiger partial charge on any atom is 0.387 e. The topological polar surface area (TPSA) is 41.6 Å². The van der Waals surface area contributed by atoms with Crippen LogP contribution in [0.25, 0.3) is 0 Å². The number of aryl methyl sites for hydroxylation is 1. The SMILES string of the molecule is CCC(C)Sc1ccc(NC(=O)N(C)Cc2ccc(OC(F)F)cc2)c(C)c1.